The minimum Gasteiger partial charge on any atom is -0.339 e. The Hall–Kier alpha value is -3.69. The van der Waals surface area contributed by atoms with Crippen LogP contribution in [0.25, 0.3) is 0 Å². The van der Waals surface area contributed by atoms with E-state index in [0.29, 0.717) is 43.6 Å². The SMILES string of the molecule is Cn1[nH]c(=O)c(Br)c1C(c1ccccc1)N1CCC2(CC1)C(=O)N(Cc1ccncc1)CN2c1ccccc1. The molecule has 4 heterocycles. The number of benzene rings is 2. The number of para-hydroxylation sites is 1. The number of carbonyl (C=O) groups excluding carboxylic acids is 1. The second kappa shape index (κ2) is 10.5. The topological polar surface area (TPSA) is 77.5 Å². The van der Waals surface area contributed by atoms with Crippen molar-refractivity contribution in [2.24, 2.45) is 7.05 Å². The Kier molecular flexibility index (Phi) is 6.86. The lowest BCUT2D eigenvalue weighted by molar-refractivity contribution is -0.134. The van der Waals surface area contributed by atoms with Crippen molar-refractivity contribution in [1.82, 2.24) is 24.6 Å². The van der Waals surface area contributed by atoms with E-state index in [4.69, 9.17) is 0 Å². The van der Waals surface area contributed by atoms with E-state index in [1.54, 1.807) is 12.4 Å². The first kappa shape index (κ1) is 25.6. The summed E-state index contributed by atoms with van der Waals surface area (Å²) in [5.41, 5.74) is 3.37. The van der Waals surface area contributed by atoms with Gasteiger partial charge in [-0.1, -0.05) is 48.5 Å². The van der Waals surface area contributed by atoms with Crippen molar-refractivity contribution in [1.29, 1.82) is 0 Å². The fourth-order valence-electron chi connectivity index (χ4n) is 6.19. The van der Waals surface area contributed by atoms with Crippen LogP contribution in [0.3, 0.4) is 0 Å². The molecule has 1 amide bonds. The first-order valence-electron chi connectivity index (χ1n) is 13.2. The zero-order valence-corrected chi connectivity index (χ0v) is 23.4. The van der Waals surface area contributed by atoms with Crippen molar-refractivity contribution in [2.75, 3.05) is 24.7 Å². The Labute approximate surface area is 236 Å². The third kappa shape index (κ3) is 4.59. The number of amides is 1. The van der Waals surface area contributed by atoms with Gasteiger partial charge in [0.05, 0.1) is 18.4 Å². The lowest BCUT2D eigenvalue weighted by Crippen LogP contribution is -2.57. The molecule has 2 aromatic heterocycles. The standard InChI is InChI=1S/C30H31BrN6O2/c1-34-27(25(31)28(38)33-34)26(23-8-4-2-5-9-23)35-18-14-30(15-19-35)29(39)36(20-22-12-16-32-17-13-22)21-37(30)24-10-6-3-7-11-24/h2-13,16-17,26H,14-15,18-21H2,1H3,(H,33,38). The molecule has 2 aliphatic heterocycles. The molecular weight excluding hydrogens is 556 g/mol. The first-order chi connectivity index (χ1) is 19.0. The second-order valence-corrected chi connectivity index (χ2v) is 11.1. The maximum Gasteiger partial charge on any atom is 0.278 e. The molecule has 6 rings (SSSR count). The highest BCUT2D eigenvalue weighted by Gasteiger charge is 2.54. The average Bonchev–Trinajstić information content (AvgIpc) is 3.38. The van der Waals surface area contributed by atoms with E-state index in [1.165, 1.54) is 0 Å². The van der Waals surface area contributed by atoms with E-state index in [2.05, 4.69) is 60.1 Å². The number of aryl methyl sites for hydroxylation is 1. The number of anilines is 1. The molecule has 1 atom stereocenters. The Balaban J connectivity index is 1.33. The van der Waals surface area contributed by atoms with Crippen LogP contribution in [0.4, 0.5) is 5.69 Å². The van der Waals surface area contributed by atoms with Gasteiger partial charge in [-0.2, -0.15) is 0 Å². The van der Waals surface area contributed by atoms with E-state index < -0.39 is 5.54 Å². The van der Waals surface area contributed by atoms with Gasteiger partial charge in [0.1, 0.15) is 10.0 Å². The summed E-state index contributed by atoms with van der Waals surface area (Å²) in [5, 5.41) is 2.89. The summed E-state index contributed by atoms with van der Waals surface area (Å²) in [6.07, 6.45) is 4.92. The average molecular weight is 588 g/mol. The monoisotopic (exact) mass is 586 g/mol. The van der Waals surface area contributed by atoms with Gasteiger partial charge in [-0.3, -0.25) is 29.3 Å². The number of aromatic amines is 1. The number of carbonyl (C=O) groups is 1. The molecule has 2 fully saturated rings. The lowest BCUT2D eigenvalue weighted by Gasteiger charge is -2.45. The molecule has 4 aromatic rings. The van der Waals surface area contributed by atoms with Gasteiger partial charge in [0, 0.05) is 44.8 Å². The fourth-order valence-corrected chi connectivity index (χ4v) is 6.76. The molecule has 0 radical (unpaired) electrons. The predicted octanol–water partition coefficient (Wildman–Crippen LogP) is 4.30. The van der Waals surface area contributed by atoms with Crippen LogP contribution < -0.4 is 10.5 Å². The van der Waals surface area contributed by atoms with Crippen LogP contribution in [0.2, 0.25) is 0 Å². The van der Waals surface area contributed by atoms with Crippen LogP contribution >= 0.6 is 15.9 Å². The number of rotatable bonds is 6. The number of hydrogen-bond donors (Lipinski definition) is 1. The van der Waals surface area contributed by atoms with Crippen molar-refractivity contribution in [3.63, 3.8) is 0 Å². The van der Waals surface area contributed by atoms with Gasteiger partial charge in [0.2, 0.25) is 5.91 Å². The lowest BCUT2D eigenvalue weighted by atomic mass is 9.84. The third-order valence-electron chi connectivity index (χ3n) is 8.12. The summed E-state index contributed by atoms with van der Waals surface area (Å²) in [4.78, 5) is 37.5. The molecular formula is C30H31BrN6O2. The summed E-state index contributed by atoms with van der Waals surface area (Å²) in [7, 11) is 1.87. The highest BCUT2D eigenvalue weighted by atomic mass is 79.9. The van der Waals surface area contributed by atoms with Gasteiger partial charge < -0.3 is 9.80 Å². The van der Waals surface area contributed by atoms with E-state index >= 15 is 0 Å². The number of nitrogens with one attached hydrogen (secondary N) is 1. The number of halogens is 1. The zero-order chi connectivity index (χ0) is 27.0. The zero-order valence-electron chi connectivity index (χ0n) is 21.8. The summed E-state index contributed by atoms with van der Waals surface area (Å²) < 4.78 is 2.35. The molecule has 1 unspecified atom stereocenters. The molecule has 1 spiro atoms. The Morgan fingerprint density at radius 3 is 2.21 bits per heavy atom. The minimum atomic E-state index is -0.618. The maximum atomic E-state index is 14.2. The molecule has 0 bridgehead atoms. The second-order valence-electron chi connectivity index (χ2n) is 10.3. The number of nitrogens with zero attached hydrogens (tertiary/aromatic N) is 5. The molecule has 1 N–H and O–H groups in total. The summed E-state index contributed by atoms with van der Waals surface area (Å²) in [5.74, 6) is 0.175. The number of pyridine rings is 1. The summed E-state index contributed by atoms with van der Waals surface area (Å²) in [6, 6.07) is 24.3. The Morgan fingerprint density at radius 2 is 1.59 bits per heavy atom. The molecule has 39 heavy (non-hydrogen) atoms. The molecule has 8 nitrogen and oxygen atoms in total. The van der Waals surface area contributed by atoms with Crippen LogP contribution in [-0.2, 0) is 18.4 Å². The first-order valence-corrected chi connectivity index (χ1v) is 14.0. The molecule has 2 saturated heterocycles. The quantitative estimate of drug-likeness (QED) is 0.364. The molecule has 2 aliphatic rings. The Bertz CT molecular complexity index is 1500. The highest BCUT2D eigenvalue weighted by molar-refractivity contribution is 9.10. The molecule has 0 aliphatic carbocycles. The predicted molar refractivity (Wildman–Crippen MR) is 154 cm³/mol. The third-order valence-corrected chi connectivity index (χ3v) is 8.89. The highest BCUT2D eigenvalue weighted by Crippen LogP contribution is 2.43. The van der Waals surface area contributed by atoms with Gasteiger partial charge in [-0.05, 0) is 64.2 Å². The van der Waals surface area contributed by atoms with E-state index in [9.17, 15) is 9.59 Å². The number of likely N-dealkylation sites (tertiary alicyclic amines) is 1. The number of piperidine rings is 1. The van der Waals surface area contributed by atoms with E-state index in [-0.39, 0.29) is 17.5 Å². The van der Waals surface area contributed by atoms with E-state index in [1.807, 2.05) is 65.2 Å². The number of H-pyrrole nitrogens is 1. The van der Waals surface area contributed by atoms with E-state index in [0.717, 1.165) is 22.5 Å². The van der Waals surface area contributed by atoms with Crippen molar-refractivity contribution >= 4 is 27.5 Å². The van der Waals surface area contributed by atoms with Crippen LogP contribution in [0.5, 0.6) is 0 Å². The largest absolute Gasteiger partial charge is 0.339 e. The molecule has 9 heteroatoms. The maximum absolute atomic E-state index is 14.2. The van der Waals surface area contributed by atoms with Crippen LogP contribution in [0, 0.1) is 0 Å². The van der Waals surface area contributed by atoms with Gasteiger partial charge >= 0.3 is 0 Å². The normalized spacial score (nSPS) is 18.2. The van der Waals surface area contributed by atoms with Crippen LogP contribution in [0.15, 0.2) is 94.5 Å². The summed E-state index contributed by atoms with van der Waals surface area (Å²) >= 11 is 3.55. The molecule has 0 saturated carbocycles. The minimum absolute atomic E-state index is 0.128. The van der Waals surface area contributed by atoms with Crippen LogP contribution in [-0.4, -0.2) is 55.8 Å². The van der Waals surface area contributed by atoms with Gasteiger partial charge in [0.25, 0.3) is 5.56 Å². The number of hydrogen-bond acceptors (Lipinski definition) is 5. The van der Waals surface area contributed by atoms with Gasteiger partial charge in [-0.15, -0.1) is 0 Å². The Morgan fingerprint density at radius 1 is 0.949 bits per heavy atom. The van der Waals surface area contributed by atoms with Gasteiger partial charge in [-0.25, -0.2) is 0 Å². The van der Waals surface area contributed by atoms with Crippen molar-refractivity contribution in [3.8, 4) is 0 Å². The fraction of sp³-hybridized carbons (Fsp3) is 0.300. The molecule has 200 valence electrons. The smallest absolute Gasteiger partial charge is 0.278 e. The van der Waals surface area contributed by atoms with Crippen molar-refractivity contribution in [2.45, 2.75) is 31.0 Å². The van der Waals surface area contributed by atoms with Crippen LogP contribution in [0.1, 0.15) is 35.7 Å². The number of aromatic nitrogens is 3. The van der Waals surface area contributed by atoms with Gasteiger partial charge in [0.15, 0.2) is 0 Å². The van der Waals surface area contributed by atoms with Crippen molar-refractivity contribution in [3.05, 3.63) is 117 Å². The van der Waals surface area contributed by atoms with Crippen molar-refractivity contribution < 1.29 is 4.79 Å². The molecule has 2 aromatic carbocycles. The summed E-state index contributed by atoms with van der Waals surface area (Å²) in [6.45, 7) is 2.53.